The van der Waals surface area contributed by atoms with Crippen molar-refractivity contribution in [2.24, 2.45) is 5.41 Å². The molecule has 0 unspecified atom stereocenters. The number of alkyl halides is 2. The van der Waals surface area contributed by atoms with Gasteiger partial charge in [-0.3, -0.25) is 4.79 Å². The van der Waals surface area contributed by atoms with Crippen LogP contribution in [0.2, 0.25) is 0 Å². The monoisotopic (exact) mass is 391 g/mol. The van der Waals surface area contributed by atoms with Crippen LogP contribution in [0.4, 0.5) is 14.6 Å². The number of hydrogen-bond acceptors (Lipinski definition) is 5. The first-order valence-electron chi connectivity index (χ1n) is 8.91. The molecule has 7 nitrogen and oxygen atoms in total. The van der Waals surface area contributed by atoms with Crippen LogP contribution in [0, 0.1) is 19.3 Å². The Morgan fingerprint density at radius 2 is 1.96 bits per heavy atom. The average molecular weight is 391 g/mol. The number of nitrogens with one attached hydrogen (secondary N) is 1. The zero-order chi connectivity index (χ0) is 20.6. The molecule has 3 rings (SSSR count). The largest absolute Gasteiger partial charge is 0.359 e. The highest BCUT2D eigenvalue weighted by Crippen LogP contribution is 2.24. The Bertz CT molecular complexity index is 1020. The topological polar surface area (TPSA) is 85.8 Å². The van der Waals surface area contributed by atoms with Gasteiger partial charge in [0, 0.05) is 18.2 Å². The van der Waals surface area contributed by atoms with Crippen LogP contribution in [0.5, 0.6) is 0 Å². The van der Waals surface area contributed by atoms with Gasteiger partial charge in [0.2, 0.25) is 5.91 Å². The quantitative estimate of drug-likeness (QED) is 0.697. The van der Waals surface area contributed by atoms with Gasteiger partial charge in [-0.1, -0.05) is 25.9 Å². The molecule has 9 heteroatoms. The fourth-order valence-electron chi connectivity index (χ4n) is 2.90. The van der Waals surface area contributed by atoms with E-state index in [9.17, 15) is 13.6 Å². The highest BCUT2D eigenvalue weighted by molar-refractivity contribution is 5.91. The molecule has 0 bridgehead atoms. The van der Waals surface area contributed by atoms with Gasteiger partial charge in [-0.2, -0.15) is 0 Å². The molecule has 3 aromatic rings. The number of halogens is 2. The van der Waals surface area contributed by atoms with Crippen LogP contribution in [0.15, 0.2) is 16.7 Å². The molecule has 0 atom stereocenters. The molecule has 0 aliphatic rings. The van der Waals surface area contributed by atoms with E-state index in [0.29, 0.717) is 34.9 Å². The predicted molar refractivity (Wildman–Crippen MR) is 100 cm³/mol. The van der Waals surface area contributed by atoms with Crippen LogP contribution in [-0.2, 0) is 11.3 Å². The lowest BCUT2D eigenvalue weighted by Gasteiger charge is -2.17. The van der Waals surface area contributed by atoms with Gasteiger partial charge < -0.3 is 14.4 Å². The number of aryl methyl sites for hydroxylation is 2. The fraction of sp³-hybridized carbons (Fsp3) is 0.474. The third-order valence-corrected chi connectivity index (χ3v) is 4.17. The lowest BCUT2D eigenvalue weighted by molar-refractivity contribution is -0.117. The van der Waals surface area contributed by atoms with Crippen LogP contribution in [-0.4, -0.2) is 25.6 Å². The third-order valence-electron chi connectivity index (χ3n) is 4.17. The third kappa shape index (κ3) is 4.35. The van der Waals surface area contributed by atoms with Gasteiger partial charge in [0.25, 0.3) is 6.43 Å². The summed E-state index contributed by atoms with van der Waals surface area (Å²) in [5.41, 5.74) is 2.06. The Morgan fingerprint density at radius 1 is 1.25 bits per heavy atom. The molecule has 0 aliphatic carbocycles. The highest BCUT2D eigenvalue weighted by Gasteiger charge is 2.20. The van der Waals surface area contributed by atoms with Gasteiger partial charge in [0.05, 0.1) is 12.2 Å². The summed E-state index contributed by atoms with van der Waals surface area (Å²) in [6.07, 6.45) is -2.31. The summed E-state index contributed by atoms with van der Waals surface area (Å²) in [4.78, 5) is 21.3. The van der Waals surface area contributed by atoms with E-state index >= 15 is 0 Å². The summed E-state index contributed by atoms with van der Waals surface area (Å²) in [5.74, 6) is 0.595. The van der Waals surface area contributed by atoms with Crippen molar-refractivity contribution in [2.45, 2.75) is 54.0 Å². The van der Waals surface area contributed by atoms with E-state index < -0.39 is 12.1 Å². The van der Waals surface area contributed by atoms with E-state index in [-0.39, 0.29) is 17.9 Å². The van der Waals surface area contributed by atoms with E-state index in [4.69, 9.17) is 4.52 Å². The van der Waals surface area contributed by atoms with Crippen molar-refractivity contribution in [2.75, 3.05) is 5.32 Å². The number of carbonyl (C=O) groups is 1. The zero-order valence-corrected chi connectivity index (χ0v) is 16.5. The van der Waals surface area contributed by atoms with Crippen molar-refractivity contribution >= 4 is 22.9 Å². The molecule has 1 N–H and O–H groups in total. The second-order valence-electron chi connectivity index (χ2n) is 8.04. The van der Waals surface area contributed by atoms with Crippen molar-refractivity contribution in [3.63, 3.8) is 0 Å². The van der Waals surface area contributed by atoms with Crippen molar-refractivity contribution in [3.05, 3.63) is 35.0 Å². The summed E-state index contributed by atoms with van der Waals surface area (Å²) >= 11 is 0. The van der Waals surface area contributed by atoms with Crippen molar-refractivity contribution in [3.8, 4) is 0 Å². The smallest absolute Gasteiger partial charge is 0.283 e. The summed E-state index contributed by atoms with van der Waals surface area (Å²) in [7, 11) is 0. The lowest BCUT2D eigenvalue weighted by Crippen LogP contribution is -2.21. The minimum Gasteiger partial charge on any atom is -0.359 e. The Balaban J connectivity index is 1.89. The van der Waals surface area contributed by atoms with Crippen molar-refractivity contribution < 1.29 is 18.1 Å². The molecule has 28 heavy (non-hydrogen) atoms. The normalized spacial score (nSPS) is 12.1. The second-order valence-corrected chi connectivity index (χ2v) is 8.04. The van der Waals surface area contributed by atoms with Crippen LogP contribution >= 0.6 is 0 Å². The summed E-state index contributed by atoms with van der Waals surface area (Å²) in [6.45, 7) is 9.79. The minimum atomic E-state index is -2.68. The molecule has 0 aromatic carbocycles. The molecule has 0 saturated carbocycles. The summed E-state index contributed by atoms with van der Waals surface area (Å²) < 4.78 is 32.2. The van der Waals surface area contributed by atoms with Gasteiger partial charge >= 0.3 is 0 Å². The van der Waals surface area contributed by atoms with Crippen LogP contribution in [0.3, 0.4) is 0 Å². The number of amides is 1. The maximum absolute atomic E-state index is 12.7. The number of aromatic nitrogens is 4. The zero-order valence-electron chi connectivity index (χ0n) is 16.5. The molecule has 1 amide bonds. The Labute approximate surface area is 161 Å². The number of fused-ring (bicyclic) bond motifs is 1. The first-order chi connectivity index (χ1) is 13.0. The number of rotatable bonds is 5. The Kier molecular flexibility index (Phi) is 5.18. The molecule has 0 spiro atoms. The molecule has 0 saturated heterocycles. The highest BCUT2D eigenvalue weighted by atomic mass is 19.3. The van der Waals surface area contributed by atoms with Crippen molar-refractivity contribution in [1.82, 2.24) is 19.7 Å². The van der Waals surface area contributed by atoms with Gasteiger partial charge in [-0.15, -0.1) is 0 Å². The number of hydrogen-bond donors (Lipinski definition) is 1. The van der Waals surface area contributed by atoms with Gasteiger partial charge in [0.1, 0.15) is 11.2 Å². The number of anilines is 1. The standard InChI is InChI=1S/C19H23F2N5O2/c1-10-6-14-18(26(10)9-12-7-13(16(20)21)25-28-12)22-11(2)17(23-14)24-15(27)8-19(3,4)5/h6-7,16H,8-9H2,1-5H3,(H,23,24,27). The first-order valence-corrected chi connectivity index (χ1v) is 8.91. The predicted octanol–water partition coefficient (Wildman–Crippen LogP) is 4.40. The average Bonchev–Trinajstić information content (AvgIpc) is 3.13. The maximum atomic E-state index is 12.7. The van der Waals surface area contributed by atoms with Crippen LogP contribution < -0.4 is 5.32 Å². The van der Waals surface area contributed by atoms with E-state index in [1.807, 2.05) is 38.3 Å². The van der Waals surface area contributed by atoms with Gasteiger partial charge in [-0.05, 0) is 25.3 Å². The van der Waals surface area contributed by atoms with Crippen LogP contribution in [0.25, 0.3) is 11.2 Å². The summed E-state index contributed by atoms with van der Waals surface area (Å²) in [6, 6.07) is 3.06. The molecular formula is C19H23F2N5O2. The molecule has 3 heterocycles. The molecule has 0 fully saturated rings. The van der Waals surface area contributed by atoms with E-state index in [1.165, 1.54) is 6.07 Å². The van der Waals surface area contributed by atoms with Crippen LogP contribution in [0.1, 0.15) is 56.5 Å². The first kappa shape index (κ1) is 19.9. The maximum Gasteiger partial charge on any atom is 0.283 e. The Morgan fingerprint density at radius 3 is 2.57 bits per heavy atom. The molecular weight excluding hydrogens is 368 g/mol. The molecule has 0 radical (unpaired) electrons. The Hall–Kier alpha value is -2.84. The summed E-state index contributed by atoms with van der Waals surface area (Å²) in [5, 5.41) is 6.20. The SMILES string of the molecule is Cc1nc2c(cc(C)n2Cc2cc(C(F)F)no2)nc1NC(=O)CC(C)(C)C. The second kappa shape index (κ2) is 7.29. The van der Waals surface area contributed by atoms with E-state index in [1.54, 1.807) is 6.92 Å². The van der Waals surface area contributed by atoms with Gasteiger partial charge in [-0.25, -0.2) is 18.7 Å². The minimum absolute atomic E-state index is 0.124. The molecule has 0 aliphatic heterocycles. The molecule has 150 valence electrons. The number of nitrogens with zero attached hydrogens (tertiary/aromatic N) is 4. The lowest BCUT2D eigenvalue weighted by atomic mass is 9.92. The van der Waals surface area contributed by atoms with E-state index in [2.05, 4.69) is 20.4 Å². The molecule has 3 aromatic heterocycles. The van der Waals surface area contributed by atoms with Crippen molar-refractivity contribution in [1.29, 1.82) is 0 Å². The fourth-order valence-corrected chi connectivity index (χ4v) is 2.90. The van der Waals surface area contributed by atoms with Gasteiger partial charge in [0.15, 0.2) is 17.2 Å². The van der Waals surface area contributed by atoms with E-state index in [0.717, 1.165) is 5.69 Å². The number of carbonyl (C=O) groups excluding carboxylic acids is 1.